The molecule has 0 saturated carbocycles. The lowest BCUT2D eigenvalue weighted by Gasteiger charge is -2.21. The number of aromatic nitrogens is 2. The van der Waals surface area contributed by atoms with E-state index >= 15 is 0 Å². The van der Waals surface area contributed by atoms with Gasteiger partial charge in [-0.1, -0.05) is 48.4 Å². The van der Waals surface area contributed by atoms with Gasteiger partial charge in [0, 0.05) is 18.7 Å². The third-order valence-corrected chi connectivity index (χ3v) is 8.04. The maximum Gasteiger partial charge on any atom is 0.320 e. The van der Waals surface area contributed by atoms with Crippen LogP contribution < -0.4 is 9.64 Å². The van der Waals surface area contributed by atoms with Crippen LogP contribution in [0.2, 0.25) is 5.02 Å². The zero-order chi connectivity index (χ0) is 27.2. The molecule has 1 saturated heterocycles. The number of aryl methyl sites for hydroxylation is 2. The van der Waals surface area contributed by atoms with Crippen molar-refractivity contribution < 1.29 is 19.4 Å². The topological polar surface area (TPSA) is 95.9 Å². The molecular formula is C28H33ClN4O4S. The van der Waals surface area contributed by atoms with Crippen LogP contribution in [0.25, 0.3) is 10.6 Å². The molecule has 1 atom stereocenters. The summed E-state index contributed by atoms with van der Waals surface area (Å²) < 4.78 is 6.10. The third kappa shape index (κ3) is 6.34. The lowest BCUT2D eigenvalue weighted by molar-refractivity contribution is -0.142. The van der Waals surface area contributed by atoms with Crippen molar-refractivity contribution in [3.63, 3.8) is 0 Å². The summed E-state index contributed by atoms with van der Waals surface area (Å²) >= 11 is 7.68. The van der Waals surface area contributed by atoms with E-state index in [0.717, 1.165) is 48.2 Å². The second kappa shape index (κ2) is 12.7. The van der Waals surface area contributed by atoms with Crippen molar-refractivity contribution >= 4 is 39.9 Å². The summed E-state index contributed by atoms with van der Waals surface area (Å²) in [4.78, 5) is 28.4. The second-order valence-electron chi connectivity index (χ2n) is 9.50. The minimum atomic E-state index is -0.766. The number of aliphatic carboxylic acids is 1. The molecule has 1 aromatic heterocycles. The average molecular weight is 557 g/mol. The highest BCUT2D eigenvalue weighted by Gasteiger charge is 2.30. The molecule has 8 nitrogen and oxygen atoms in total. The third-order valence-electron chi connectivity index (χ3n) is 6.71. The number of hydrogen-bond donors (Lipinski definition) is 1. The number of ether oxygens (including phenoxy) is 1. The maximum absolute atomic E-state index is 13.4. The number of hydrogen-bond acceptors (Lipinski definition) is 7. The Bertz CT molecular complexity index is 1270. The van der Waals surface area contributed by atoms with Crippen molar-refractivity contribution in [3.05, 3.63) is 58.1 Å². The predicted molar refractivity (Wildman–Crippen MR) is 151 cm³/mol. The molecule has 1 aliphatic heterocycles. The Labute approximate surface area is 232 Å². The lowest BCUT2D eigenvalue weighted by Crippen LogP contribution is -2.38. The normalized spacial score (nSPS) is 15.5. The van der Waals surface area contributed by atoms with E-state index in [4.69, 9.17) is 16.3 Å². The first-order valence-corrected chi connectivity index (χ1v) is 14.1. The van der Waals surface area contributed by atoms with Crippen LogP contribution in [0.3, 0.4) is 0 Å². The van der Waals surface area contributed by atoms with Crippen molar-refractivity contribution in [2.45, 2.75) is 52.5 Å². The van der Waals surface area contributed by atoms with Gasteiger partial charge in [-0.05, 0) is 75.0 Å². The van der Waals surface area contributed by atoms with Gasteiger partial charge < -0.3 is 9.84 Å². The zero-order valence-electron chi connectivity index (χ0n) is 21.9. The van der Waals surface area contributed by atoms with Crippen LogP contribution in [0.15, 0.2) is 36.4 Å². The average Bonchev–Trinajstić information content (AvgIpc) is 3.56. The zero-order valence-corrected chi connectivity index (χ0v) is 23.5. The van der Waals surface area contributed by atoms with E-state index in [1.165, 1.54) is 11.3 Å². The second-order valence-corrected chi connectivity index (χ2v) is 10.9. The van der Waals surface area contributed by atoms with E-state index in [9.17, 15) is 14.7 Å². The van der Waals surface area contributed by atoms with Crippen LogP contribution in [0, 0.1) is 13.8 Å². The van der Waals surface area contributed by atoms with Crippen LogP contribution in [0.4, 0.5) is 5.13 Å². The van der Waals surface area contributed by atoms with Gasteiger partial charge in [-0.2, -0.15) is 0 Å². The van der Waals surface area contributed by atoms with Gasteiger partial charge in [0.15, 0.2) is 0 Å². The Kier molecular flexibility index (Phi) is 9.35. The summed E-state index contributed by atoms with van der Waals surface area (Å²) in [6.45, 7) is 8.35. The molecule has 0 bridgehead atoms. The molecular weight excluding hydrogens is 524 g/mol. The number of carboxylic acids is 1. The van der Waals surface area contributed by atoms with Gasteiger partial charge in [-0.15, -0.1) is 10.2 Å². The van der Waals surface area contributed by atoms with E-state index in [1.54, 1.807) is 29.2 Å². The summed E-state index contributed by atoms with van der Waals surface area (Å²) in [5.74, 6) is -0.161. The monoisotopic (exact) mass is 556 g/mol. The molecule has 10 heteroatoms. The Balaban J connectivity index is 1.49. The van der Waals surface area contributed by atoms with Crippen molar-refractivity contribution in [1.82, 2.24) is 15.1 Å². The van der Waals surface area contributed by atoms with Gasteiger partial charge in [-0.3, -0.25) is 19.4 Å². The molecule has 2 aromatic carbocycles. The molecule has 0 radical (unpaired) electrons. The van der Waals surface area contributed by atoms with Crippen molar-refractivity contribution in [2.24, 2.45) is 0 Å². The molecule has 3 aromatic rings. The molecule has 4 rings (SSSR count). The van der Waals surface area contributed by atoms with Crippen LogP contribution in [0.5, 0.6) is 5.75 Å². The highest BCUT2D eigenvalue weighted by atomic mass is 35.5. The number of nitrogens with zero attached hydrogens (tertiary/aromatic N) is 4. The number of carboxylic acid groups (broad SMARTS) is 1. The first kappa shape index (κ1) is 28.0. The molecule has 1 fully saturated rings. The summed E-state index contributed by atoms with van der Waals surface area (Å²) in [7, 11) is 0. The maximum atomic E-state index is 13.4. The molecule has 1 N–H and O–H groups in total. The molecule has 1 amide bonds. The number of carbonyl (C=O) groups is 2. The van der Waals surface area contributed by atoms with Crippen molar-refractivity contribution in [3.8, 4) is 16.3 Å². The Morgan fingerprint density at radius 1 is 1.21 bits per heavy atom. The molecule has 0 aliphatic carbocycles. The summed E-state index contributed by atoms with van der Waals surface area (Å²) in [6, 6.07) is 10.6. The predicted octanol–water partition coefficient (Wildman–Crippen LogP) is 5.85. The first-order valence-electron chi connectivity index (χ1n) is 12.9. The van der Waals surface area contributed by atoms with E-state index in [0.29, 0.717) is 46.8 Å². The molecule has 202 valence electrons. The minimum Gasteiger partial charge on any atom is -0.492 e. The minimum absolute atomic E-state index is 0.189. The first-order chi connectivity index (χ1) is 18.3. The fourth-order valence-electron chi connectivity index (χ4n) is 4.76. The van der Waals surface area contributed by atoms with Gasteiger partial charge >= 0.3 is 5.97 Å². The van der Waals surface area contributed by atoms with E-state index < -0.39 is 12.0 Å². The van der Waals surface area contributed by atoms with Crippen LogP contribution in [0.1, 0.15) is 54.1 Å². The molecule has 0 spiro atoms. The number of halogens is 1. The molecule has 38 heavy (non-hydrogen) atoms. The lowest BCUT2D eigenvalue weighted by atomic mass is 10.1. The van der Waals surface area contributed by atoms with Gasteiger partial charge in [0.1, 0.15) is 23.4 Å². The van der Waals surface area contributed by atoms with Crippen LogP contribution >= 0.6 is 22.9 Å². The summed E-state index contributed by atoms with van der Waals surface area (Å²) in [5, 5.41) is 19.8. The quantitative estimate of drug-likeness (QED) is 0.316. The van der Waals surface area contributed by atoms with Gasteiger partial charge in [-0.25, -0.2) is 0 Å². The molecule has 1 aliphatic rings. The smallest absolute Gasteiger partial charge is 0.320 e. The highest BCUT2D eigenvalue weighted by Crippen LogP contribution is 2.35. The number of likely N-dealkylation sites (tertiary alicyclic amines) is 1. The molecule has 1 unspecified atom stereocenters. The largest absolute Gasteiger partial charge is 0.492 e. The number of anilines is 1. The standard InChI is InChI=1S/C28H33ClN4O4S/c1-4-5-13-33(26(34)21-9-6-7-10-22(21)29)28-31-30-25(38-28)20-16-18(2)24(19(3)17-20)37-15-14-32-12-8-11-23(32)27(35)36/h6-7,9-10,16-17,23H,4-5,8,11-15H2,1-3H3,(H,35,36). The van der Waals surface area contributed by atoms with Gasteiger partial charge in [0.05, 0.1) is 10.6 Å². The van der Waals surface area contributed by atoms with Crippen molar-refractivity contribution in [1.29, 1.82) is 0 Å². The SMILES string of the molecule is CCCCN(C(=O)c1ccccc1Cl)c1nnc(-c2cc(C)c(OCCN3CCCC3C(=O)O)c(C)c2)s1. The van der Waals surface area contributed by atoms with Crippen molar-refractivity contribution in [2.75, 3.05) is 31.1 Å². The number of benzene rings is 2. The molecule has 2 heterocycles. The summed E-state index contributed by atoms with van der Waals surface area (Å²) in [5.41, 5.74) is 3.27. The Morgan fingerprint density at radius 2 is 1.95 bits per heavy atom. The van der Waals surface area contributed by atoms with Crippen LogP contribution in [-0.2, 0) is 4.79 Å². The summed E-state index contributed by atoms with van der Waals surface area (Å²) in [6.07, 6.45) is 3.35. The highest BCUT2D eigenvalue weighted by molar-refractivity contribution is 7.18. The van der Waals surface area contributed by atoms with Gasteiger partial charge in [0.25, 0.3) is 5.91 Å². The van der Waals surface area contributed by atoms with Gasteiger partial charge in [0.2, 0.25) is 5.13 Å². The van der Waals surface area contributed by atoms with Crippen LogP contribution in [-0.4, -0.2) is 64.4 Å². The number of rotatable bonds is 11. The number of carbonyl (C=O) groups excluding carboxylic acids is 1. The number of unbranched alkanes of at least 4 members (excludes halogenated alkanes) is 1. The fourth-order valence-corrected chi connectivity index (χ4v) is 5.83. The number of amides is 1. The fraction of sp³-hybridized carbons (Fsp3) is 0.429. The van der Waals surface area contributed by atoms with E-state index in [-0.39, 0.29) is 5.91 Å². The van der Waals surface area contributed by atoms with E-state index in [2.05, 4.69) is 17.1 Å². The Hall–Kier alpha value is -3.01. The Morgan fingerprint density at radius 3 is 2.63 bits per heavy atom. The van der Waals surface area contributed by atoms with E-state index in [1.807, 2.05) is 30.9 Å².